The number of benzene rings is 1. The van der Waals surface area contributed by atoms with Crippen LogP contribution in [-0.4, -0.2) is 29.3 Å². The molecule has 0 atom stereocenters. The average molecular weight is 320 g/mol. The maximum Gasteiger partial charge on any atom is 0.233 e. The fraction of sp³-hybridized carbons (Fsp3) is 0.167. The number of hydrogen-bond donors (Lipinski definition) is 1. The molecule has 0 bridgehead atoms. The highest BCUT2D eigenvalue weighted by atomic mass is 16.5. The molecule has 0 aliphatic carbocycles. The number of hydrogen-bond acceptors (Lipinski definition) is 6. The van der Waals surface area contributed by atoms with Crippen molar-refractivity contribution in [3.63, 3.8) is 0 Å². The van der Waals surface area contributed by atoms with Crippen LogP contribution in [0.5, 0.6) is 11.8 Å². The largest absolute Gasteiger partial charge is 0.480 e. The Morgan fingerprint density at radius 2 is 1.96 bits per heavy atom. The molecule has 3 aromatic rings. The standard InChI is InChI=1S/C18H16N4O2/c1-19-16-6-5-15-14-4-3-11(7-13(14)10-24-18(15)21-16)12-8-17(23-2)22-20-9-12/h3-9H,10H2,1-2H3,(H,19,21). The number of methoxy groups -OCH3 is 1. The van der Waals surface area contributed by atoms with E-state index in [2.05, 4.69) is 38.7 Å². The summed E-state index contributed by atoms with van der Waals surface area (Å²) in [5.74, 6) is 1.95. The third-order valence-electron chi connectivity index (χ3n) is 4.05. The van der Waals surface area contributed by atoms with Crippen molar-refractivity contribution in [1.29, 1.82) is 0 Å². The minimum absolute atomic E-state index is 0.492. The summed E-state index contributed by atoms with van der Waals surface area (Å²) in [6, 6.07) is 12.1. The van der Waals surface area contributed by atoms with E-state index in [4.69, 9.17) is 9.47 Å². The molecule has 120 valence electrons. The molecule has 6 heteroatoms. The van der Waals surface area contributed by atoms with Crippen molar-refractivity contribution in [2.24, 2.45) is 0 Å². The van der Waals surface area contributed by atoms with Gasteiger partial charge >= 0.3 is 0 Å². The predicted octanol–water partition coefficient (Wildman–Crippen LogP) is 3.15. The van der Waals surface area contributed by atoms with Crippen LogP contribution in [0.25, 0.3) is 22.3 Å². The van der Waals surface area contributed by atoms with Gasteiger partial charge in [0, 0.05) is 24.2 Å². The second kappa shape index (κ2) is 5.81. The van der Waals surface area contributed by atoms with Gasteiger partial charge in [-0.2, -0.15) is 10.1 Å². The summed E-state index contributed by atoms with van der Waals surface area (Å²) >= 11 is 0. The lowest BCUT2D eigenvalue weighted by Crippen LogP contribution is -2.08. The van der Waals surface area contributed by atoms with Crippen molar-refractivity contribution in [2.75, 3.05) is 19.5 Å². The normalized spacial score (nSPS) is 11.9. The number of anilines is 1. The Hall–Kier alpha value is -3.15. The van der Waals surface area contributed by atoms with Crippen molar-refractivity contribution in [3.05, 3.63) is 48.2 Å². The van der Waals surface area contributed by atoms with Gasteiger partial charge in [-0.3, -0.25) is 0 Å². The van der Waals surface area contributed by atoms with Gasteiger partial charge in [-0.25, -0.2) is 0 Å². The van der Waals surface area contributed by atoms with Gasteiger partial charge in [0.2, 0.25) is 11.8 Å². The second-order valence-electron chi connectivity index (χ2n) is 5.45. The fourth-order valence-electron chi connectivity index (χ4n) is 2.80. The zero-order valence-electron chi connectivity index (χ0n) is 13.4. The topological polar surface area (TPSA) is 69.2 Å². The van der Waals surface area contributed by atoms with Gasteiger partial charge < -0.3 is 14.8 Å². The average Bonchev–Trinajstić information content (AvgIpc) is 2.66. The lowest BCUT2D eigenvalue weighted by molar-refractivity contribution is 0.290. The van der Waals surface area contributed by atoms with Gasteiger partial charge in [-0.1, -0.05) is 12.1 Å². The molecule has 1 N–H and O–H groups in total. The predicted molar refractivity (Wildman–Crippen MR) is 91.1 cm³/mol. The summed E-state index contributed by atoms with van der Waals surface area (Å²) in [4.78, 5) is 4.47. The van der Waals surface area contributed by atoms with Crippen molar-refractivity contribution in [3.8, 4) is 34.0 Å². The Balaban J connectivity index is 1.76. The molecule has 0 saturated heterocycles. The molecular weight excluding hydrogens is 304 g/mol. The minimum Gasteiger partial charge on any atom is -0.480 e. The minimum atomic E-state index is 0.492. The second-order valence-corrected chi connectivity index (χ2v) is 5.45. The molecule has 1 aromatic carbocycles. The SMILES string of the molecule is CNc1ccc2c(n1)OCc1cc(-c3cnnc(OC)c3)ccc1-2. The van der Waals surface area contributed by atoms with Crippen LogP contribution in [0.15, 0.2) is 42.6 Å². The van der Waals surface area contributed by atoms with Crippen molar-refractivity contribution < 1.29 is 9.47 Å². The van der Waals surface area contributed by atoms with Crippen LogP contribution in [0, 0.1) is 0 Å². The summed E-state index contributed by atoms with van der Waals surface area (Å²) in [6.45, 7) is 0.492. The number of pyridine rings is 1. The van der Waals surface area contributed by atoms with Crippen LogP contribution in [0.2, 0.25) is 0 Å². The molecule has 0 unspecified atom stereocenters. The third-order valence-corrected chi connectivity index (χ3v) is 4.05. The lowest BCUT2D eigenvalue weighted by atomic mass is 9.95. The molecule has 2 aromatic heterocycles. The maximum absolute atomic E-state index is 5.82. The fourth-order valence-corrected chi connectivity index (χ4v) is 2.80. The number of ether oxygens (including phenoxy) is 2. The van der Waals surface area contributed by atoms with E-state index in [9.17, 15) is 0 Å². The Morgan fingerprint density at radius 1 is 1.08 bits per heavy atom. The molecule has 0 spiro atoms. The van der Waals surface area contributed by atoms with Crippen LogP contribution in [0.3, 0.4) is 0 Å². The van der Waals surface area contributed by atoms with Gasteiger partial charge in [0.15, 0.2) is 0 Å². The molecule has 6 nitrogen and oxygen atoms in total. The molecule has 1 aliphatic rings. The molecule has 3 heterocycles. The Morgan fingerprint density at radius 3 is 2.79 bits per heavy atom. The number of rotatable bonds is 3. The van der Waals surface area contributed by atoms with Crippen LogP contribution in [0.1, 0.15) is 5.56 Å². The molecule has 0 amide bonds. The molecule has 4 rings (SSSR count). The molecule has 24 heavy (non-hydrogen) atoms. The Kier molecular flexibility index (Phi) is 3.49. The molecule has 0 fully saturated rings. The summed E-state index contributed by atoms with van der Waals surface area (Å²) < 4.78 is 11.0. The lowest BCUT2D eigenvalue weighted by Gasteiger charge is -2.21. The summed E-state index contributed by atoms with van der Waals surface area (Å²) in [6.07, 6.45) is 1.72. The first-order chi connectivity index (χ1) is 11.8. The molecule has 0 saturated carbocycles. The number of aromatic nitrogens is 3. The van der Waals surface area contributed by atoms with Gasteiger partial charge in [0.05, 0.1) is 13.3 Å². The van der Waals surface area contributed by atoms with Crippen LogP contribution in [0.4, 0.5) is 5.82 Å². The summed E-state index contributed by atoms with van der Waals surface area (Å²) in [7, 11) is 3.42. The first-order valence-corrected chi connectivity index (χ1v) is 7.60. The highest BCUT2D eigenvalue weighted by molar-refractivity contribution is 5.78. The zero-order valence-corrected chi connectivity index (χ0v) is 13.4. The van der Waals surface area contributed by atoms with Crippen molar-refractivity contribution >= 4 is 5.82 Å². The third kappa shape index (κ3) is 2.42. The van der Waals surface area contributed by atoms with E-state index in [0.29, 0.717) is 18.4 Å². The van der Waals surface area contributed by atoms with Gasteiger partial charge in [0.1, 0.15) is 12.4 Å². The van der Waals surface area contributed by atoms with Crippen LogP contribution >= 0.6 is 0 Å². The van der Waals surface area contributed by atoms with Crippen LogP contribution < -0.4 is 14.8 Å². The number of nitrogens with one attached hydrogen (secondary N) is 1. The van der Waals surface area contributed by atoms with E-state index in [1.807, 2.05) is 25.2 Å². The van der Waals surface area contributed by atoms with E-state index in [1.54, 1.807) is 13.3 Å². The van der Waals surface area contributed by atoms with Crippen LogP contribution in [-0.2, 0) is 6.61 Å². The molecule has 1 aliphatic heterocycles. The van der Waals surface area contributed by atoms with Gasteiger partial charge in [-0.05, 0) is 34.9 Å². The van der Waals surface area contributed by atoms with E-state index >= 15 is 0 Å². The molecule has 0 radical (unpaired) electrons. The van der Waals surface area contributed by atoms with Gasteiger partial charge in [-0.15, -0.1) is 5.10 Å². The maximum atomic E-state index is 5.82. The van der Waals surface area contributed by atoms with E-state index in [0.717, 1.165) is 33.6 Å². The van der Waals surface area contributed by atoms with E-state index in [-0.39, 0.29) is 0 Å². The van der Waals surface area contributed by atoms with E-state index < -0.39 is 0 Å². The van der Waals surface area contributed by atoms with E-state index in [1.165, 1.54) is 0 Å². The monoisotopic (exact) mass is 320 g/mol. The zero-order chi connectivity index (χ0) is 16.5. The van der Waals surface area contributed by atoms with Crippen molar-refractivity contribution in [2.45, 2.75) is 6.61 Å². The highest BCUT2D eigenvalue weighted by Crippen LogP contribution is 2.38. The quantitative estimate of drug-likeness (QED) is 0.799. The molecular formula is C18H16N4O2. The highest BCUT2D eigenvalue weighted by Gasteiger charge is 2.19. The Bertz CT molecular complexity index is 911. The first kappa shape index (κ1) is 14.4. The first-order valence-electron chi connectivity index (χ1n) is 7.60. The number of nitrogens with zero attached hydrogens (tertiary/aromatic N) is 3. The van der Waals surface area contributed by atoms with Crippen molar-refractivity contribution in [1.82, 2.24) is 15.2 Å². The van der Waals surface area contributed by atoms with Gasteiger partial charge in [0.25, 0.3) is 0 Å². The summed E-state index contributed by atoms with van der Waals surface area (Å²) in [5, 5.41) is 10.9. The Labute approximate surface area is 139 Å². The number of fused-ring (bicyclic) bond motifs is 3. The summed E-state index contributed by atoms with van der Waals surface area (Å²) in [5.41, 5.74) is 5.28. The smallest absolute Gasteiger partial charge is 0.233 e.